The van der Waals surface area contributed by atoms with Gasteiger partial charge in [0.25, 0.3) is 5.91 Å². The number of aryl methyl sites for hydroxylation is 1. The number of hydrogen-bond donors (Lipinski definition) is 2. The molecule has 2 unspecified atom stereocenters. The Morgan fingerprint density at radius 2 is 1.68 bits per heavy atom. The summed E-state index contributed by atoms with van der Waals surface area (Å²) in [5, 5.41) is 2.96. The van der Waals surface area contributed by atoms with Gasteiger partial charge in [-0.15, -0.1) is 0 Å². The molecule has 1 amide bonds. The molecule has 0 aromatic heterocycles. The maximum atomic E-state index is 12.5. The molecule has 2 N–H and O–H groups in total. The normalized spacial score (nSPS) is 13.3. The first-order valence-electron chi connectivity index (χ1n) is 10.3. The second-order valence-electron chi connectivity index (χ2n) is 7.24. The summed E-state index contributed by atoms with van der Waals surface area (Å²) in [7, 11) is -2.14. The SMILES string of the molecule is CCCC(NC(=O)C(C)OC(=O)CCc1ccc(S(=O)(=O)NC)cc1)c1ccccc1. The van der Waals surface area contributed by atoms with Gasteiger partial charge in [-0.05, 0) is 50.1 Å². The van der Waals surface area contributed by atoms with E-state index in [-0.39, 0.29) is 23.3 Å². The van der Waals surface area contributed by atoms with Gasteiger partial charge in [-0.2, -0.15) is 0 Å². The Bertz CT molecular complexity index is 959. The minimum absolute atomic E-state index is 0.0901. The Morgan fingerprint density at radius 1 is 1.03 bits per heavy atom. The van der Waals surface area contributed by atoms with E-state index in [2.05, 4.69) is 10.0 Å². The highest BCUT2D eigenvalue weighted by Crippen LogP contribution is 2.18. The van der Waals surface area contributed by atoms with Crippen molar-refractivity contribution in [2.45, 2.75) is 56.6 Å². The first-order chi connectivity index (χ1) is 14.8. The number of nitrogens with one attached hydrogen (secondary N) is 2. The van der Waals surface area contributed by atoms with E-state index in [1.165, 1.54) is 19.2 Å². The first kappa shape index (κ1) is 24.6. The minimum atomic E-state index is -3.49. The van der Waals surface area contributed by atoms with Crippen molar-refractivity contribution >= 4 is 21.9 Å². The van der Waals surface area contributed by atoms with E-state index in [0.717, 1.165) is 24.0 Å². The lowest BCUT2D eigenvalue weighted by Crippen LogP contribution is -2.38. The molecule has 2 rings (SSSR count). The predicted molar refractivity (Wildman–Crippen MR) is 119 cm³/mol. The molecule has 0 fully saturated rings. The third-order valence-corrected chi connectivity index (χ3v) is 6.32. The highest BCUT2D eigenvalue weighted by Gasteiger charge is 2.21. The number of esters is 1. The first-order valence-corrected chi connectivity index (χ1v) is 11.8. The van der Waals surface area contributed by atoms with Crippen LogP contribution in [-0.4, -0.2) is 33.4 Å². The largest absolute Gasteiger partial charge is 0.453 e. The summed E-state index contributed by atoms with van der Waals surface area (Å²) in [6.45, 7) is 3.60. The number of benzene rings is 2. The minimum Gasteiger partial charge on any atom is -0.453 e. The maximum Gasteiger partial charge on any atom is 0.306 e. The molecule has 2 aromatic rings. The van der Waals surface area contributed by atoms with Gasteiger partial charge in [0.1, 0.15) is 0 Å². The Balaban J connectivity index is 1.86. The van der Waals surface area contributed by atoms with E-state index in [0.29, 0.717) is 6.42 Å². The smallest absolute Gasteiger partial charge is 0.306 e. The van der Waals surface area contributed by atoms with Crippen molar-refractivity contribution in [1.29, 1.82) is 0 Å². The lowest BCUT2D eigenvalue weighted by molar-refractivity contribution is -0.155. The Labute approximate surface area is 184 Å². The molecule has 2 aromatic carbocycles. The second-order valence-corrected chi connectivity index (χ2v) is 9.13. The number of sulfonamides is 1. The van der Waals surface area contributed by atoms with Crippen LogP contribution in [0.15, 0.2) is 59.5 Å². The molecule has 2 atom stereocenters. The molecule has 0 aliphatic carbocycles. The molecule has 7 nitrogen and oxygen atoms in total. The summed E-state index contributed by atoms with van der Waals surface area (Å²) in [4.78, 5) is 24.9. The van der Waals surface area contributed by atoms with Gasteiger partial charge in [-0.25, -0.2) is 13.1 Å². The number of ether oxygens (including phenoxy) is 1. The van der Waals surface area contributed by atoms with E-state index < -0.39 is 22.1 Å². The molecule has 0 heterocycles. The summed E-state index contributed by atoms with van der Waals surface area (Å²) in [5.41, 5.74) is 1.82. The third-order valence-electron chi connectivity index (χ3n) is 4.89. The summed E-state index contributed by atoms with van der Waals surface area (Å²) in [6.07, 6.45) is 1.26. The van der Waals surface area contributed by atoms with Gasteiger partial charge in [0.05, 0.1) is 10.9 Å². The van der Waals surface area contributed by atoms with Gasteiger partial charge in [0.2, 0.25) is 10.0 Å². The number of hydrogen-bond acceptors (Lipinski definition) is 5. The van der Waals surface area contributed by atoms with Crippen molar-refractivity contribution in [2.75, 3.05) is 7.05 Å². The van der Waals surface area contributed by atoms with Crippen LogP contribution in [0.2, 0.25) is 0 Å². The molecule has 168 valence electrons. The summed E-state index contributed by atoms with van der Waals surface area (Å²) in [5.74, 6) is -0.821. The number of amides is 1. The average molecular weight is 447 g/mol. The number of rotatable bonds is 11. The predicted octanol–water partition coefficient (Wildman–Crippen LogP) is 3.12. The fraction of sp³-hybridized carbons (Fsp3) is 0.391. The molecular weight excluding hydrogens is 416 g/mol. The van der Waals surface area contributed by atoms with Crippen molar-refractivity contribution in [2.24, 2.45) is 0 Å². The lowest BCUT2D eigenvalue weighted by atomic mass is 10.0. The van der Waals surface area contributed by atoms with Gasteiger partial charge in [0, 0.05) is 6.42 Å². The van der Waals surface area contributed by atoms with E-state index in [4.69, 9.17) is 4.74 Å². The van der Waals surface area contributed by atoms with E-state index >= 15 is 0 Å². The molecule has 0 aliphatic heterocycles. The van der Waals surface area contributed by atoms with Gasteiger partial charge in [-0.1, -0.05) is 55.8 Å². The van der Waals surface area contributed by atoms with Crippen LogP contribution >= 0.6 is 0 Å². The van der Waals surface area contributed by atoms with Gasteiger partial charge in [-0.3, -0.25) is 9.59 Å². The Hall–Kier alpha value is -2.71. The molecule has 0 aliphatic rings. The fourth-order valence-corrected chi connectivity index (χ4v) is 3.82. The van der Waals surface area contributed by atoms with Crippen molar-refractivity contribution in [3.63, 3.8) is 0 Å². The number of carbonyl (C=O) groups is 2. The van der Waals surface area contributed by atoms with Crippen LogP contribution in [0, 0.1) is 0 Å². The Kier molecular flexibility index (Phi) is 9.21. The average Bonchev–Trinajstić information content (AvgIpc) is 2.78. The second kappa shape index (κ2) is 11.6. The topological polar surface area (TPSA) is 102 Å². The summed E-state index contributed by atoms with van der Waals surface area (Å²) >= 11 is 0. The maximum absolute atomic E-state index is 12.5. The fourth-order valence-electron chi connectivity index (χ4n) is 3.09. The third kappa shape index (κ3) is 7.48. The van der Waals surface area contributed by atoms with Gasteiger partial charge in [0.15, 0.2) is 6.10 Å². The van der Waals surface area contributed by atoms with Gasteiger partial charge >= 0.3 is 5.97 Å². The Morgan fingerprint density at radius 3 is 2.26 bits per heavy atom. The highest BCUT2D eigenvalue weighted by atomic mass is 32.2. The van der Waals surface area contributed by atoms with Crippen LogP contribution in [0.5, 0.6) is 0 Å². The molecule has 0 bridgehead atoms. The van der Waals surface area contributed by atoms with Crippen LogP contribution < -0.4 is 10.0 Å². The summed E-state index contributed by atoms with van der Waals surface area (Å²) < 4.78 is 31.0. The molecule has 0 saturated heterocycles. The monoisotopic (exact) mass is 446 g/mol. The van der Waals surface area contributed by atoms with Crippen LogP contribution in [0.3, 0.4) is 0 Å². The van der Waals surface area contributed by atoms with Crippen LogP contribution in [-0.2, 0) is 30.8 Å². The van der Waals surface area contributed by atoms with Crippen molar-refractivity contribution < 1.29 is 22.7 Å². The van der Waals surface area contributed by atoms with Gasteiger partial charge < -0.3 is 10.1 Å². The molecule has 0 spiro atoms. The zero-order chi connectivity index (χ0) is 22.9. The van der Waals surface area contributed by atoms with E-state index in [9.17, 15) is 18.0 Å². The van der Waals surface area contributed by atoms with Crippen molar-refractivity contribution in [3.8, 4) is 0 Å². The van der Waals surface area contributed by atoms with Crippen LogP contribution in [0.4, 0.5) is 0 Å². The van der Waals surface area contributed by atoms with Crippen LogP contribution in [0.25, 0.3) is 0 Å². The molecule has 0 saturated carbocycles. The van der Waals surface area contributed by atoms with Crippen molar-refractivity contribution in [1.82, 2.24) is 10.0 Å². The molecule has 8 heteroatoms. The van der Waals surface area contributed by atoms with E-state index in [1.807, 2.05) is 37.3 Å². The van der Waals surface area contributed by atoms with Crippen molar-refractivity contribution in [3.05, 3.63) is 65.7 Å². The number of carbonyl (C=O) groups excluding carboxylic acids is 2. The zero-order valence-corrected chi connectivity index (χ0v) is 18.9. The molecule has 31 heavy (non-hydrogen) atoms. The highest BCUT2D eigenvalue weighted by molar-refractivity contribution is 7.89. The molecule has 0 radical (unpaired) electrons. The van der Waals surface area contributed by atoms with E-state index in [1.54, 1.807) is 19.1 Å². The lowest BCUT2D eigenvalue weighted by Gasteiger charge is -2.21. The quantitative estimate of drug-likeness (QED) is 0.517. The van der Waals surface area contributed by atoms with Crippen LogP contribution in [0.1, 0.15) is 50.3 Å². The zero-order valence-electron chi connectivity index (χ0n) is 18.1. The molecular formula is C23H30N2O5S. The standard InChI is InChI=1S/C23H30N2O5S/c1-4-8-21(19-9-6-5-7-10-19)25-23(27)17(2)30-22(26)16-13-18-11-14-20(15-12-18)31(28,29)24-3/h5-7,9-12,14-15,17,21,24H,4,8,13,16H2,1-3H3,(H,25,27). The summed E-state index contributed by atoms with van der Waals surface area (Å²) in [6, 6.07) is 15.8.